The predicted octanol–water partition coefficient (Wildman–Crippen LogP) is 4.12. The molecule has 2 unspecified atom stereocenters. The molecule has 51 heavy (non-hydrogen) atoms. The average Bonchev–Trinajstić information content (AvgIpc) is 3.10. The molecule has 0 saturated heterocycles. The van der Waals surface area contributed by atoms with Gasteiger partial charge in [-0.2, -0.15) is 0 Å². The molecule has 14 nitrogen and oxygen atoms in total. The first-order valence-electron chi connectivity index (χ1n) is 16.2. The van der Waals surface area contributed by atoms with Crippen LogP contribution in [-0.4, -0.2) is 68.9 Å². The number of carbonyl (C=O) groups is 3. The van der Waals surface area contributed by atoms with Gasteiger partial charge in [0.2, 0.25) is 7.44 Å². The first-order chi connectivity index (χ1) is 24.1. The Bertz CT molecular complexity index is 1930. The van der Waals surface area contributed by atoms with E-state index in [1.54, 1.807) is 74.6 Å². The molecule has 2 aromatic carbocycles. The maximum atomic E-state index is 14.7. The second-order valence-corrected chi connectivity index (χ2v) is 14.6. The highest BCUT2D eigenvalue weighted by Gasteiger charge is 2.55. The van der Waals surface area contributed by atoms with Crippen LogP contribution in [0.3, 0.4) is 0 Å². The molecule has 0 radical (unpaired) electrons. The van der Waals surface area contributed by atoms with E-state index in [-0.39, 0.29) is 29.9 Å². The molecule has 15 heteroatoms. The van der Waals surface area contributed by atoms with Crippen molar-refractivity contribution in [3.63, 3.8) is 0 Å². The molecule has 0 spiro atoms. The van der Waals surface area contributed by atoms with E-state index in [1.165, 1.54) is 53.1 Å². The zero-order chi connectivity index (χ0) is 37.6. The van der Waals surface area contributed by atoms with Crippen molar-refractivity contribution in [1.82, 2.24) is 24.9 Å². The van der Waals surface area contributed by atoms with Crippen LogP contribution < -0.4 is 26.4 Å². The summed E-state index contributed by atoms with van der Waals surface area (Å²) in [6.45, 7) is 9.30. The summed E-state index contributed by atoms with van der Waals surface area (Å²) in [6, 6.07) is 17.5. The van der Waals surface area contributed by atoms with Gasteiger partial charge in [0.25, 0.3) is 11.5 Å². The molecular weight excluding hydrogens is 675 g/mol. The van der Waals surface area contributed by atoms with Crippen LogP contribution in [0.2, 0.25) is 0 Å². The average molecular weight is 719 g/mol. The number of H-pyrrole nitrogens is 1. The fourth-order valence-corrected chi connectivity index (χ4v) is 8.24. The van der Waals surface area contributed by atoms with Crippen molar-refractivity contribution in [3.05, 3.63) is 106 Å². The summed E-state index contributed by atoms with van der Waals surface area (Å²) in [7, 11) is -2.70. The molecule has 0 aliphatic heterocycles. The molecule has 1 amide bonds. The molecule has 0 bridgehead atoms. The Balaban J connectivity index is 1.75. The van der Waals surface area contributed by atoms with Gasteiger partial charge in [0, 0.05) is 17.7 Å². The minimum absolute atomic E-state index is 0.0499. The topological polar surface area (TPSA) is 196 Å². The quantitative estimate of drug-likeness (QED) is 0.125. The number of pyridine rings is 1. The van der Waals surface area contributed by atoms with Crippen LogP contribution in [-0.2, 0) is 23.6 Å². The molecule has 4 aromatic rings. The third kappa shape index (κ3) is 8.25. The van der Waals surface area contributed by atoms with Crippen molar-refractivity contribution in [2.75, 3.05) is 20.3 Å². The highest BCUT2D eigenvalue weighted by molar-refractivity contribution is 7.67. The lowest BCUT2D eigenvalue weighted by Gasteiger charge is -2.47. The van der Waals surface area contributed by atoms with Crippen molar-refractivity contribution in [3.8, 4) is 17.3 Å². The van der Waals surface area contributed by atoms with Crippen molar-refractivity contribution in [1.29, 1.82) is 0 Å². The number of benzene rings is 2. The number of nitrogens with zero attached hydrogens (tertiary/aromatic N) is 3. The van der Waals surface area contributed by atoms with Gasteiger partial charge in [0.05, 0.1) is 26.4 Å². The second kappa shape index (κ2) is 15.8. The Hall–Kier alpha value is -5.17. The number of amides is 1. The maximum absolute atomic E-state index is 14.7. The number of esters is 2. The van der Waals surface area contributed by atoms with E-state index >= 15 is 0 Å². The summed E-state index contributed by atoms with van der Waals surface area (Å²) in [5, 5.41) is 3.02. The van der Waals surface area contributed by atoms with Crippen LogP contribution in [0.4, 0.5) is 0 Å². The Morgan fingerprint density at radius 2 is 1.43 bits per heavy atom. The van der Waals surface area contributed by atoms with Crippen molar-refractivity contribution in [2.24, 2.45) is 5.50 Å². The first-order valence-corrected chi connectivity index (χ1v) is 17.9. The van der Waals surface area contributed by atoms with Crippen molar-refractivity contribution < 1.29 is 33.2 Å². The fraction of sp³-hybridized carbons (Fsp3) is 0.333. The molecule has 2 atom stereocenters. The summed E-state index contributed by atoms with van der Waals surface area (Å²) < 4.78 is 31.8. The minimum atomic E-state index is -4.23. The number of hydrogen-bond acceptors (Lipinski definition) is 10. The van der Waals surface area contributed by atoms with E-state index in [9.17, 15) is 23.7 Å². The lowest BCUT2D eigenvalue weighted by molar-refractivity contribution is -0.163. The number of hydrogen-bond donors (Lipinski definition) is 3. The van der Waals surface area contributed by atoms with Gasteiger partial charge in [0.15, 0.2) is 5.82 Å². The third-order valence-electron chi connectivity index (χ3n) is 8.18. The second-order valence-electron chi connectivity index (χ2n) is 12.5. The van der Waals surface area contributed by atoms with Crippen LogP contribution in [0.15, 0.2) is 83.9 Å². The van der Waals surface area contributed by atoms with Crippen LogP contribution in [0, 0.1) is 0 Å². The van der Waals surface area contributed by atoms with Gasteiger partial charge < -0.3 is 24.5 Å². The summed E-state index contributed by atoms with van der Waals surface area (Å²) in [5.74, 6) is -1.38. The number of nitrogens with one attached hydrogen (secondary N) is 2. The standard InChI is InChI=1S/C36H43N6O8P/c1-8-49-33(45)35(3,4)42(36(5,6)34(46)50-9-2)51(37,47)26-19-15-24(16-20-26)29(23-13-17-25(48-7)18-14-23)40-31(43)27-22-39-30(41-32(27)44)28-12-10-11-21-38-28/h10-22,29H,8-9H2,1-7H3,(H2,37,47)(H,40,43)(H,39,41,44). The number of nitrogens with two attached hydrogens (primary N) is 1. The lowest BCUT2D eigenvalue weighted by atomic mass is 9.97. The Morgan fingerprint density at radius 3 is 1.90 bits per heavy atom. The number of aromatic amines is 1. The SMILES string of the molecule is CCOC(=O)C(C)(C)N(C(C)(C)C(=O)OCC)P(N)(=O)c1ccc(C(NC(=O)c2cnc(-c3ccccn3)[nH]c2=O)c2ccc(OC)cc2)cc1. The zero-order valence-corrected chi connectivity index (χ0v) is 30.5. The highest BCUT2D eigenvalue weighted by Crippen LogP contribution is 2.51. The van der Waals surface area contributed by atoms with Crippen molar-refractivity contribution >= 4 is 30.6 Å². The van der Waals surface area contributed by atoms with Gasteiger partial charge in [-0.05, 0) is 89.1 Å². The van der Waals surface area contributed by atoms with Gasteiger partial charge >= 0.3 is 11.9 Å². The Kier molecular flexibility index (Phi) is 12.0. The molecule has 0 fully saturated rings. The highest BCUT2D eigenvalue weighted by atomic mass is 31.2. The third-order valence-corrected chi connectivity index (χ3v) is 10.8. The molecule has 270 valence electrons. The molecule has 0 aliphatic carbocycles. The number of ether oxygens (including phenoxy) is 3. The maximum Gasteiger partial charge on any atom is 0.326 e. The Labute approximate surface area is 296 Å². The van der Waals surface area contributed by atoms with Crippen LogP contribution in [0.1, 0.15) is 69.1 Å². The normalized spacial score (nSPS) is 13.5. The van der Waals surface area contributed by atoms with E-state index in [4.69, 9.17) is 19.7 Å². The summed E-state index contributed by atoms with van der Waals surface area (Å²) >= 11 is 0. The molecular formula is C36H43N6O8P. The van der Waals surface area contributed by atoms with Gasteiger partial charge in [-0.25, -0.2) is 9.65 Å². The van der Waals surface area contributed by atoms with Gasteiger partial charge in [0.1, 0.15) is 28.1 Å². The van der Waals surface area contributed by atoms with Crippen LogP contribution in [0.5, 0.6) is 5.75 Å². The number of aromatic nitrogens is 3. The number of rotatable bonds is 14. The van der Waals surface area contributed by atoms with E-state index in [1.807, 2.05) is 0 Å². The zero-order valence-electron chi connectivity index (χ0n) is 29.6. The number of methoxy groups -OCH3 is 1. The molecule has 0 aliphatic rings. The monoisotopic (exact) mass is 718 g/mol. The smallest absolute Gasteiger partial charge is 0.326 e. The minimum Gasteiger partial charge on any atom is -0.497 e. The first kappa shape index (κ1) is 38.6. The Morgan fingerprint density at radius 1 is 0.882 bits per heavy atom. The van der Waals surface area contributed by atoms with Gasteiger partial charge in [-0.1, -0.05) is 30.3 Å². The van der Waals surface area contributed by atoms with Crippen molar-refractivity contribution in [2.45, 2.75) is 58.7 Å². The summed E-state index contributed by atoms with van der Waals surface area (Å²) in [6.07, 6.45) is 2.74. The summed E-state index contributed by atoms with van der Waals surface area (Å²) in [5.41, 5.74) is 4.09. The van der Waals surface area contributed by atoms with Gasteiger partial charge in [-0.3, -0.25) is 34.2 Å². The molecule has 0 saturated carbocycles. The largest absolute Gasteiger partial charge is 0.497 e. The summed E-state index contributed by atoms with van der Waals surface area (Å²) in [4.78, 5) is 64.1. The van der Waals surface area contributed by atoms with Crippen LogP contribution >= 0.6 is 7.44 Å². The number of carbonyl (C=O) groups excluding carboxylic acids is 3. The molecule has 4 rings (SSSR count). The fourth-order valence-electron chi connectivity index (χ4n) is 5.78. The van der Waals surface area contributed by atoms with E-state index in [0.29, 0.717) is 22.6 Å². The van der Waals surface area contributed by atoms with Gasteiger partial charge in [-0.15, -0.1) is 0 Å². The molecule has 2 aromatic heterocycles. The lowest BCUT2D eigenvalue weighted by Crippen LogP contribution is -2.63. The van der Waals surface area contributed by atoms with E-state index < -0.39 is 48.0 Å². The predicted molar refractivity (Wildman–Crippen MR) is 192 cm³/mol. The van der Waals surface area contributed by atoms with E-state index in [2.05, 4.69) is 20.3 Å². The van der Waals surface area contributed by atoms with Crippen LogP contribution in [0.25, 0.3) is 11.5 Å². The van der Waals surface area contributed by atoms with E-state index in [0.717, 1.165) is 4.67 Å². The molecule has 4 N–H and O–H groups in total. The molecule has 2 heterocycles.